The second-order valence-corrected chi connectivity index (χ2v) is 5.33. The predicted molar refractivity (Wildman–Crippen MR) is 65.6 cm³/mol. The van der Waals surface area contributed by atoms with Gasteiger partial charge in [-0.2, -0.15) is 4.39 Å². The van der Waals surface area contributed by atoms with E-state index in [0.29, 0.717) is 5.56 Å². The molecule has 2 atom stereocenters. The first-order valence-electron chi connectivity index (χ1n) is 6.30. The molecule has 1 N–H and O–H groups in total. The fourth-order valence-electron chi connectivity index (χ4n) is 3.03. The van der Waals surface area contributed by atoms with Crippen LogP contribution in [0.2, 0.25) is 0 Å². The van der Waals surface area contributed by atoms with Gasteiger partial charge in [0.15, 0.2) is 0 Å². The molecule has 2 bridgehead atoms. The fraction of sp³-hybridized carbons (Fsp3) is 0.615. The molecule has 0 amide bonds. The van der Waals surface area contributed by atoms with Crippen molar-refractivity contribution >= 4 is 5.69 Å². The quantitative estimate of drug-likeness (QED) is 0.749. The molecule has 2 unspecified atom stereocenters. The third-order valence-electron chi connectivity index (χ3n) is 3.85. The zero-order valence-corrected chi connectivity index (χ0v) is 10.1. The Hall–Kier alpha value is -1.16. The molecule has 2 aliphatic rings. The lowest BCUT2D eigenvalue weighted by Crippen LogP contribution is -2.51. The lowest BCUT2D eigenvalue weighted by atomic mass is 9.85. The molecular weight excluding hydrogens is 217 g/mol. The zero-order valence-electron chi connectivity index (χ0n) is 10.1. The van der Waals surface area contributed by atoms with E-state index in [9.17, 15) is 4.39 Å². The molecule has 0 aliphatic carbocycles. The summed E-state index contributed by atoms with van der Waals surface area (Å²) in [5.74, 6) is 1.10. The Morgan fingerprint density at radius 3 is 2.71 bits per heavy atom. The maximum atomic E-state index is 13.2. The van der Waals surface area contributed by atoms with Crippen LogP contribution in [0, 0.1) is 24.7 Å². The maximum absolute atomic E-state index is 13.2. The summed E-state index contributed by atoms with van der Waals surface area (Å²) in [5, 5.41) is 3.48. The average Bonchev–Trinajstić information content (AvgIpc) is 2.32. The Morgan fingerprint density at radius 2 is 2.06 bits per heavy atom. The van der Waals surface area contributed by atoms with Crippen LogP contribution in [0.15, 0.2) is 12.3 Å². The third kappa shape index (κ3) is 2.14. The standard InChI is InChI=1S/C13H18FN3/c1-9-2-12(6-16-13(9)14)17-7-10-3-11(8-17)5-15-4-10/h2,6,10-11,15H,3-5,7-8H2,1H3. The lowest BCUT2D eigenvalue weighted by Gasteiger charge is -2.42. The second kappa shape index (κ2) is 4.26. The van der Waals surface area contributed by atoms with Crippen molar-refractivity contribution in [1.82, 2.24) is 10.3 Å². The summed E-state index contributed by atoms with van der Waals surface area (Å²) in [6.45, 7) is 6.13. The topological polar surface area (TPSA) is 28.2 Å². The molecule has 17 heavy (non-hydrogen) atoms. The van der Waals surface area contributed by atoms with Crippen molar-refractivity contribution in [3.05, 3.63) is 23.8 Å². The highest BCUT2D eigenvalue weighted by atomic mass is 19.1. The Balaban J connectivity index is 1.81. The Kier molecular flexibility index (Phi) is 2.74. The van der Waals surface area contributed by atoms with Crippen LogP contribution >= 0.6 is 0 Å². The summed E-state index contributed by atoms with van der Waals surface area (Å²) in [6.07, 6.45) is 2.99. The molecule has 3 heterocycles. The Bertz CT molecular complexity index is 409. The summed E-state index contributed by atoms with van der Waals surface area (Å²) < 4.78 is 13.2. The summed E-state index contributed by atoms with van der Waals surface area (Å²) in [6, 6.07) is 1.91. The molecule has 0 spiro atoms. The van der Waals surface area contributed by atoms with Crippen LogP contribution in [0.25, 0.3) is 0 Å². The number of hydrogen-bond donors (Lipinski definition) is 1. The van der Waals surface area contributed by atoms with Crippen molar-refractivity contribution < 1.29 is 4.39 Å². The number of rotatable bonds is 1. The number of piperidine rings is 2. The second-order valence-electron chi connectivity index (χ2n) is 5.33. The van der Waals surface area contributed by atoms with Crippen LogP contribution in [0.3, 0.4) is 0 Å². The van der Waals surface area contributed by atoms with Crippen LogP contribution in [0.4, 0.5) is 10.1 Å². The van der Waals surface area contributed by atoms with Gasteiger partial charge in [-0.1, -0.05) is 0 Å². The van der Waals surface area contributed by atoms with Crippen LogP contribution in [-0.2, 0) is 0 Å². The lowest BCUT2D eigenvalue weighted by molar-refractivity contribution is 0.249. The number of anilines is 1. The van der Waals surface area contributed by atoms with E-state index in [4.69, 9.17) is 0 Å². The van der Waals surface area contributed by atoms with Crippen LogP contribution in [0.1, 0.15) is 12.0 Å². The van der Waals surface area contributed by atoms with Crippen molar-refractivity contribution in [2.75, 3.05) is 31.1 Å². The van der Waals surface area contributed by atoms with Gasteiger partial charge in [-0.25, -0.2) is 4.98 Å². The molecule has 4 heteroatoms. The summed E-state index contributed by atoms with van der Waals surface area (Å²) in [7, 11) is 0. The molecule has 0 saturated carbocycles. The molecule has 1 aromatic rings. The largest absolute Gasteiger partial charge is 0.370 e. The van der Waals surface area contributed by atoms with E-state index in [0.717, 1.165) is 43.7 Å². The van der Waals surface area contributed by atoms with Crippen LogP contribution in [-0.4, -0.2) is 31.2 Å². The van der Waals surface area contributed by atoms with Gasteiger partial charge in [-0.05, 0) is 44.3 Å². The van der Waals surface area contributed by atoms with Crippen molar-refractivity contribution in [2.45, 2.75) is 13.3 Å². The van der Waals surface area contributed by atoms with Crippen molar-refractivity contribution in [3.63, 3.8) is 0 Å². The van der Waals surface area contributed by atoms with E-state index in [1.54, 1.807) is 13.1 Å². The molecular formula is C13H18FN3. The SMILES string of the molecule is Cc1cc(N2CC3CNCC(C3)C2)cnc1F. The molecule has 1 aromatic heterocycles. The van der Waals surface area contributed by atoms with Crippen LogP contribution < -0.4 is 10.2 Å². The van der Waals surface area contributed by atoms with Gasteiger partial charge in [0, 0.05) is 18.7 Å². The maximum Gasteiger partial charge on any atom is 0.215 e. The van der Waals surface area contributed by atoms with Gasteiger partial charge in [0.2, 0.25) is 5.95 Å². The van der Waals surface area contributed by atoms with Crippen molar-refractivity contribution in [2.24, 2.45) is 11.8 Å². The Labute approximate surface area is 101 Å². The molecule has 2 fully saturated rings. The third-order valence-corrected chi connectivity index (χ3v) is 3.85. The highest BCUT2D eigenvalue weighted by Crippen LogP contribution is 2.28. The Morgan fingerprint density at radius 1 is 1.35 bits per heavy atom. The molecule has 3 rings (SSSR count). The molecule has 2 aliphatic heterocycles. The average molecular weight is 235 g/mol. The zero-order chi connectivity index (χ0) is 11.8. The highest BCUT2D eigenvalue weighted by molar-refractivity contribution is 5.46. The molecule has 92 valence electrons. The number of hydrogen-bond acceptors (Lipinski definition) is 3. The van der Waals surface area contributed by atoms with Crippen molar-refractivity contribution in [1.29, 1.82) is 0 Å². The van der Waals surface area contributed by atoms with Gasteiger partial charge < -0.3 is 10.2 Å². The smallest absolute Gasteiger partial charge is 0.215 e. The molecule has 0 radical (unpaired) electrons. The number of aromatic nitrogens is 1. The number of nitrogens with one attached hydrogen (secondary N) is 1. The number of fused-ring (bicyclic) bond motifs is 2. The van der Waals surface area contributed by atoms with E-state index in [2.05, 4.69) is 15.2 Å². The van der Waals surface area contributed by atoms with E-state index < -0.39 is 0 Å². The number of nitrogens with zero attached hydrogens (tertiary/aromatic N) is 2. The van der Waals surface area contributed by atoms with E-state index in [1.807, 2.05) is 6.07 Å². The summed E-state index contributed by atoms with van der Waals surface area (Å²) >= 11 is 0. The minimum atomic E-state index is -0.354. The van der Waals surface area contributed by atoms with Gasteiger partial charge in [0.1, 0.15) is 0 Å². The van der Waals surface area contributed by atoms with Crippen molar-refractivity contribution in [3.8, 4) is 0 Å². The first-order valence-corrected chi connectivity index (χ1v) is 6.30. The van der Waals surface area contributed by atoms with E-state index >= 15 is 0 Å². The first kappa shape index (κ1) is 11.0. The number of pyridine rings is 1. The van der Waals surface area contributed by atoms with Crippen LogP contribution in [0.5, 0.6) is 0 Å². The fourth-order valence-corrected chi connectivity index (χ4v) is 3.03. The number of halogens is 1. The van der Waals surface area contributed by atoms with Gasteiger partial charge in [-0.3, -0.25) is 0 Å². The monoisotopic (exact) mass is 235 g/mol. The highest BCUT2D eigenvalue weighted by Gasteiger charge is 2.30. The molecule has 0 aromatic carbocycles. The van der Waals surface area contributed by atoms with Gasteiger partial charge >= 0.3 is 0 Å². The van der Waals surface area contributed by atoms with Gasteiger partial charge in [0.05, 0.1) is 11.9 Å². The van der Waals surface area contributed by atoms with Gasteiger partial charge in [0.25, 0.3) is 0 Å². The predicted octanol–water partition coefficient (Wildman–Crippen LogP) is 1.57. The van der Waals surface area contributed by atoms with E-state index in [-0.39, 0.29) is 5.95 Å². The van der Waals surface area contributed by atoms with Gasteiger partial charge in [-0.15, -0.1) is 0 Å². The summed E-state index contributed by atoms with van der Waals surface area (Å²) in [5.41, 5.74) is 1.71. The number of aryl methyl sites for hydroxylation is 1. The molecule has 2 saturated heterocycles. The summed E-state index contributed by atoms with van der Waals surface area (Å²) in [4.78, 5) is 6.18. The minimum absolute atomic E-state index is 0.354. The molecule has 3 nitrogen and oxygen atoms in total. The minimum Gasteiger partial charge on any atom is -0.370 e. The normalized spacial score (nSPS) is 28.2. The van der Waals surface area contributed by atoms with E-state index in [1.165, 1.54) is 6.42 Å². The first-order chi connectivity index (χ1) is 8.22.